The summed E-state index contributed by atoms with van der Waals surface area (Å²) in [5.41, 5.74) is 3.30. The van der Waals surface area contributed by atoms with E-state index in [2.05, 4.69) is 10.5 Å². The van der Waals surface area contributed by atoms with Crippen molar-refractivity contribution in [3.05, 3.63) is 53.1 Å². The first kappa shape index (κ1) is 20.6. The van der Waals surface area contributed by atoms with Crippen LogP contribution in [0.5, 0.6) is 11.5 Å². The lowest BCUT2D eigenvalue weighted by Crippen LogP contribution is -2.42. The number of piperidine rings is 1. The number of hydrogen-bond donors (Lipinski definition) is 1. The number of benzene rings is 2. The zero-order chi connectivity index (χ0) is 21.1. The van der Waals surface area contributed by atoms with Crippen LogP contribution in [0, 0.1) is 5.92 Å². The number of halogens is 1. The van der Waals surface area contributed by atoms with Gasteiger partial charge >= 0.3 is 0 Å². The molecule has 1 fully saturated rings. The third kappa shape index (κ3) is 4.43. The van der Waals surface area contributed by atoms with Crippen molar-refractivity contribution in [1.82, 2.24) is 9.73 Å². The van der Waals surface area contributed by atoms with Gasteiger partial charge < -0.3 is 9.47 Å². The number of nitrogens with one attached hydrogen (secondary N) is 1. The third-order valence-electron chi connectivity index (χ3n) is 5.06. The summed E-state index contributed by atoms with van der Waals surface area (Å²) in [6.45, 7) is 0.739. The van der Waals surface area contributed by atoms with Gasteiger partial charge in [-0.1, -0.05) is 11.6 Å². The highest BCUT2D eigenvalue weighted by Gasteiger charge is 2.32. The summed E-state index contributed by atoms with van der Waals surface area (Å²) in [6.07, 6.45) is 2.39. The van der Waals surface area contributed by atoms with Crippen LogP contribution < -0.4 is 14.9 Å². The predicted molar refractivity (Wildman–Crippen MR) is 111 cm³/mol. The Balaban J connectivity index is 1.30. The molecule has 8 nitrogen and oxygen atoms in total. The molecule has 1 amide bonds. The highest BCUT2D eigenvalue weighted by atomic mass is 35.5. The number of hydrogen-bond acceptors (Lipinski definition) is 6. The number of amides is 1. The molecule has 0 bridgehead atoms. The van der Waals surface area contributed by atoms with Crippen LogP contribution >= 0.6 is 11.6 Å². The first-order chi connectivity index (χ1) is 14.4. The molecule has 2 aliphatic heterocycles. The fourth-order valence-corrected chi connectivity index (χ4v) is 4.96. The van der Waals surface area contributed by atoms with Crippen LogP contribution in [-0.4, -0.2) is 44.7 Å². The molecule has 0 atom stereocenters. The van der Waals surface area contributed by atoms with E-state index in [1.165, 1.54) is 22.7 Å². The quantitative estimate of drug-likeness (QED) is 0.559. The monoisotopic (exact) mass is 449 g/mol. The Hall–Kier alpha value is -2.62. The van der Waals surface area contributed by atoms with E-state index >= 15 is 0 Å². The van der Waals surface area contributed by atoms with Gasteiger partial charge in [-0.05, 0) is 60.9 Å². The lowest BCUT2D eigenvalue weighted by molar-refractivity contribution is -0.126. The van der Waals surface area contributed by atoms with Gasteiger partial charge in [0.25, 0.3) is 0 Å². The molecular formula is C20H20ClN3O5S. The fourth-order valence-electron chi connectivity index (χ4n) is 3.37. The van der Waals surface area contributed by atoms with E-state index in [0.717, 1.165) is 5.56 Å². The van der Waals surface area contributed by atoms with E-state index in [4.69, 9.17) is 21.1 Å². The summed E-state index contributed by atoms with van der Waals surface area (Å²) in [6, 6.07) is 11.4. The molecule has 0 aliphatic carbocycles. The molecule has 1 saturated heterocycles. The van der Waals surface area contributed by atoms with Crippen molar-refractivity contribution in [2.75, 3.05) is 19.9 Å². The van der Waals surface area contributed by atoms with Gasteiger partial charge in [-0.25, -0.2) is 13.8 Å². The molecule has 2 aliphatic rings. The van der Waals surface area contributed by atoms with Gasteiger partial charge in [0.2, 0.25) is 22.7 Å². The molecule has 2 heterocycles. The standard InChI is InChI=1S/C20H20ClN3O5S/c21-16-2-4-17(5-3-16)30(26,27)24-9-7-15(8-10-24)20(25)23-22-12-14-1-6-18-19(11-14)29-13-28-18/h1-6,11-12,15H,7-10,13H2,(H,23,25). The van der Waals surface area contributed by atoms with Gasteiger partial charge in [0.05, 0.1) is 11.1 Å². The molecule has 1 N–H and O–H groups in total. The summed E-state index contributed by atoms with van der Waals surface area (Å²) in [7, 11) is -3.59. The molecule has 0 saturated carbocycles. The van der Waals surface area contributed by atoms with E-state index in [9.17, 15) is 13.2 Å². The molecule has 158 valence electrons. The van der Waals surface area contributed by atoms with Crippen LogP contribution in [0.1, 0.15) is 18.4 Å². The Bertz CT molecular complexity index is 1060. The second-order valence-electron chi connectivity index (χ2n) is 6.98. The van der Waals surface area contributed by atoms with Crippen LogP contribution in [-0.2, 0) is 14.8 Å². The molecule has 0 aromatic heterocycles. The van der Waals surface area contributed by atoms with Crippen LogP contribution in [0.15, 0.2) is 52.5 Å². The number of rotatable bonds is 5. The summed E-state index contributed by atoms with van der Waals surface area (Å²) in [4.78, 5) is 12.6. The lowest BCUT2D eigenvalue weighted by atomic mass is 9.98. The predicted octanol–water partition coefficient (Wildman–Crippen LogP) is 2.62. The molecule has 2 aromatic carbocycles. The van der Waals surface area contributed by atoms with Crippen LogP contribution in [0.2, 0.25) is 5.02 Å². The van der Waals surface area contributed by atoms with Crippen molar-refractivity contribution < 1.29 is 22.7 Å². The minimum absolute atomic E-state index is 0.194. The average molecular weight is 450 g/mol. The Morgan fingerprint density at radius 1 is 1.10 bits per heavy atom. The molecule has 0 spiro atoms. The maximum absolute atomic E-state index is 12.7. The summed E-state index contributed by atoms with van der Waals surface area (Å²) >= 11 is 5.83. The number of hydrazone groups is 1. The van der Waals surface area contributed by atoms with Crippen LogP contribution in [0.25, 0.3) is 0 Å². The number of sulfonamides is 1. The maximum Gasteiger partial charge on any atom is 0.243 e. The maximum atomic E-state index is 12.7. The minimum Gasteiger partial charge on any atom is -0.454 e. The van der Waals surface area contributed by atoms with E-state index in [1.54, 1.807) is 24.3 Å². The van der Waals surface area contributed by atoms with Crippen LogP contribution in [0.4, 0.5) is 0 Å². The number of ether oxygens (including phenoxy) is 2. The third-order valence-corrected chi connectivity index (χ3v) is 7.23. The molecule has 4 rings (SSSR count). The second kappa shape index (κ2) is 8.63. The van der Waals surface area contributed by atoms with Crippen molar-refractivity contribution in [1.29, 1.82) is 0 Å². The SMILES string of the molecule is O=C(NN=Cc1ccc2c(c1)OCO2)C1CCN(S(=O)(=O)c2ccc(Cl)cc2)CC1. The van der Waals surface area contributed by atoms with E-state index < -0.39 is 10.0 Å². The number of carbonyl (C=O) groups excluding carboxylic acids is 1. The van der Waals surface area contributed by atoms with Gasteiger partial charge in [-0.2, -0.15) is 9.41 Å². The van der Waals surface area contributed by atoms with E-state index in [-0.39, 0.29) is 36.6 Å². The van der Waals surface area contributed by atoms with Gasteiger partial charge in [0.1, 0.15) is 0 Å². The number of carbonyl (C=O) groups is 1. The summed E-state index contributed by atoms with van der Waals surface area (Å²) in [5.74, 6) is 0.794. The zero-order valence-corrected chi connectivity index (χ0v) is 17.5. The molecule has 0 radical (unpaired) electrons. The highest BCUT2D eigenvalue weighted by Crippen LogP contribution is 2.32. The van der Waals surface area contributed by atoms with Crippen LogP contribution in [0.3, 0.4) is 0 Å². The second-order valence-corrected chi connectivity index (χ2v) is 9.35. The topological polar surface area (TPSA) is 97.3 Å². The normalized spacial score (nSPS) is 17.4. The Kier molecular flexibility index (Phi) is 5.94. The Morgan fingerprint density at radius 2 is 1.80 bits per heavy atom. The van der Waals surface area contributed by atoms with Gasteiger partial charge in [-0.3, -0.25) is 4.79 Å². The van der Waals surface area contributed by atoms with Gasteiger partial charge in [0, 0.05) is 24.0 Å². The van der Waals surface area contributed by atoms with Gasteiger partial charge in [-0.15, -0.1) is 0 Å². The van der Waals surface area contributed by atoms with Crippen molar-refractivity contribution >= 4 is 33.7 Å². The average Bonchev–Trinajstić information content (AvgIpc) is 3.22. The molecule has 2 aromatic rings. The van der Waals surface area contributed by atoms with Crippen molar-refractivity contribution in [3.63, 3.8) is 0 Å². The Labute approximate surface area is 179 Å². The number of nitrogens with zero attached hydrogens (tertiary/aromatic N) is 2. The minimum atomic E-state index is -3.59. The molecular weight excluding hydrogens is 430 g/mol. The Morgan fingerprint density at radius 3 is 2.53 bits per heavy atom. The lowest BCUT2D eigenvalue weighted by Gasteiger charge is -2.30. The van der Waals surface area contributed by atoms with Crippen molar-refractivity contribution in [3.8, 4) is 11.5 Å². The summed E-state index contributed by atoms with van der Waals surface area (Å²) in [5, 5.41) is 4.48. The van der Waals surface area contributed by atoms with Crippen molar-refractivity contribution in [2.45, 2.75) is 17.7 Å². The van der Waals surface area contributed by atoms with Gasteiger partial charge in [0.15, 0.2) is 11.5 Å². The number of fused-ring (bicyclic) bond motifs is 1. The molecule has 30 heavy (non-hydrogen) atoms. The smallest absolute Gasteiger partial charge is 0.243 e. The molecule has 0 unspecified atom stereocenters. The van der Waals surface area contributed by atoms with E-state index in [1.807, 2.05) is 6.07 Å². The molecule has 10 heteroatoms. The fraction of sp³-hybridized carbons (Fsp3) is 0.300. The zero-order valence-electron chi connectivity index (χ0n) is 16.0. The van der Waals surface area contributed by atoms with E-state index in [0.29, 0.717) is 29.4 Å². The largest absolute Gasteiger partial charge is 0.454 e. The van der Waals surface area contributed by atoms with Crippen molar-refractivity contribution in [2.24, 2.45) is 11.0 Å². The first-order valence-electron chi connectivity index (χ1n) is 9.42. The first-order valence-corrected chi connectivity index (χ1v) is 11.2. The summed E-state index contributed by atoms with van der Waals surface area (Å²) < 4.78 is 37.4. The highest BCUT2D eigenvalue weighted by molar-refractivity contribution is 7.89.